The summed E-state index contributed by atoms with van der Waals surface area (Å²) in [6, 6.07) is 74.3. The van der Waals surface area contributed by atoms with E-state index in [0.29, 0.717) is 0 Å². The van der Waals surface area contributed by atoms with Gasteiger partial charge in [-0.25, -0.2) is 0 Å². The van der Waals surface area contributed by atoms with Crippen molar-refractivity contribution in [3.63, 3.8) is 0 Å². The van der Waals surface area contributed by atoms with Gasteiger partial charge in [-0.1, -0.05) is 152 Å². The maximum absolute atomic E-state index is 6.83. The molecular formula is C54H34N2OS. The van der Waals surface area contributed by atoms with E-state index < -0.39 is 0 Å². The van der Waals surface area contributed by atoms with Gasteiger partial charge in [0.15, 0.2) is 5.58 Å². The monoisotopic (exact) mass is 758 g/mol. The maximum Gasteiger partial charge on any atom is 0.159 e. The highest BCUT2D eigenvalue weighted by Gasteiger charge is 2.25. The summed E-state index contributed by atoms with van der Waals surface area (Å²) in [6.45, 7) is 0. The fourth-order valence-corrected chi connectivity index (χ4v) is 10.3. The Morgan fingerprint density at radius 1 is 0.431 bits per heavy atom. The third-order valence-corrected chi connectivity index (χ3v) is 12.8. The molecule has 0 atom stereocenters. The average Bonchev–Trinajstić information content (AvgIpc) is 3.97. The molecular weight excluding hydrogens is 725 g/mol. The number of furan rings is 1. The van der Waals surface area contributed by atoms with Crippen LogP contribution in [0.3, 0.4) is 0 Å². The summed E-state index contributed by atoms with van der Waals surface area (Å²) in [6.07, 6.45) is 0. The molecule has 9 aromatic carbocycles. The summed E-state index contributed by atoms with van der Waals surface area (Å²) >= 11 is 1.87. The zero-order valence-electron chi connectivity index (χ0n) is 31.3. The Morgan fingerprint density at radius 2 is 1.10 bits per heavy atom. The molecule has 12 aromatic rings. The number of nitrogens with zero attached hydrogens (tertiary/aromatic N) is 2. The molecule has 0 saturated carbocycles. The number of fused-ring (bicyclic) bond motifs is 9. The Labute approximate surface area is 338 Å². The Hall–Kier alpha value is -7.40. The largest absolute Gasteiger partial charge is 0.454 e. The first-order valence-corrected chi connectivity index (χ1v) is 20.5. The molecule has 12 rings (SSSR count). The van der Waals surface area contributed by atoms with Gasteiger partial charge in [-0.2, -0.15) is 0 Å². The van der Waals surface area contributed by atoms with Crippen LogP contribution in [0.4, 0.5) is 17.1 Å². The molecule has 3 aromatic heterocycles. The first-order valence-electron chi connectivity index (χ1n) is 19.7. The van der Waals surface area contributed by atoms with E-state index in [9.17, 15) is 0 Å². The van der Waals surface area contributed by atoms with Crippen molar-refractivity contribution < 1.29 is 4.42 Å². The van der Waals surface area contributed by atoms with Crippen LogP contribution < -0.4 is 4.90 Å². The second kappa shape index (κ2) is 13.1. The lowest BCUT2D eigenvalue weighted by molar-refractivity contribution is 0.669. The molecule has 0 aliphatic rings. The minimum atomic E-state index is 0.860. The SMILES string of the molecule is c1ccc(-c2ccc3c(c2)sc2c(-c4ccccc4)ccc(N(c4ccc5c6ccccc6n(-c6ccccc6)c5c4)c4cccc5c4oc4ccccc45)c23)cc1. The van der Waals surface area contributed by atoms with Crippen LogP contribution in [0, 0.1) is 0 Å². The van der Waals surface area contributed by atoms with Crippen LogP contribution in [0.15, 0.2) is 211 Å². The molecule has 0 N–H and O–H groups in total. The number of para-hydroxylation sites is 4. The van der Waals surface area contributed by atoms with Gasteiger partial charge in [-0.3, -0.25) is 0 Å². The lowest BCUT2D eigenvalue weighted by Crippen LogP contribution is -2.11. The quantitative estimate of drug-likeness (QED) is 0.168. The average molecular weight is 759 g/mol. The van der Waals surface area contributed by atoms with Crippen LogP contribution >= 0.6 is 11.3 Å². The standard InChI is InChI=1S/C54H34N2OS/c1-4-15-35(16-5-1)37-27-29-45-51(33-37)58-54-40(36-17-6-2-7-18-36)31-32-47(52(45)54)56(48-25-14-23-44-43-22-11-13-26-50(43)57-53(44)48)39-28-30-42-41-21-10-12-24-46(41)55(49(42)34-39)38-19-8-3-9-20-38/h1-34H. The minimum Gasteiger partial charge on any atom is -0.454 e. The van der Waals surface area contributed by atoms with E-state index in [-0.39, 0.29) is 0 Å². The van der Waals surface area contributed by atoms with Crippen molar-refractivity contribution >= 4 is 92.3 Å². The number of anilines is 3. The van der Waals surface area contributed by atoms with Crippen molar-refractivity contribution in [3.8, 4) is 27.9 Å². The van der Waals surface area contributed by atoms with Gasteiger partial charge in [0.25, 0.3) is 0 Å². The topological polar surface area (TPSA) is 21.3 Å². The summed E-state index contributed by atoms with van der Waals surface area (Å²) in [7, 11) is 0. The van der Waals surface area contributed by atoms with Crippen molar-refractivity contribution in [2.45, 2.75) is 0 Å². The lowest BCUT2D eigenvalue weighted by atomic mass is 9.98. The van der Waals surface area contributed by atoms with Crippen LogP contribution in [0.5, 0.6) is 0 Å². The highest BCUT2D eigenvalue weighted by Crippen LogP contribution is 2.51. The van der Waals surface area contributed by atoms with Crippen molar-refractivity contribution in [2.24, 2.45) is 0 Å². The van der Waals surface area contributed by atoms with E-state index in [2.05, 4.69) is 210 Å². The fourth-order valence-electron chi connectivity index (χ4n) is 8.97. The highest BCUT2D eigenvalue weighted by molar-refractivity contribution is 7.26. The zero-order valence-corrected chi connectivity index (χ0v) is 32.2. The van der Waals surface area contributed by atoms with Gasteiger partial charge in [-0.05, 0) is 76.9 Å². The number of thiophene rings is 1. The molecule has 3 heterocycles. The minimum absolute atomic E-state index is 0.860. The Bertz CT molecular complexity index is 3510. The van der Waals surface area contributed by atoms with E-state index in [1.807, 2.05) is 17.4 Å². The number of aromatic nitrogens is 1. The molecule has 0 radical (unpaired) electrons. The van der Waals surface area contributed by atoms with Crippen LogP contribution in [0.25, 0.3) is 91.9 Å². The van der Waals surface area contributed by atoms with Crippen molar-refractivity contribution in [2.75, 3.05) is 4.90 Å². The summed E-state index contributed by atoms with van der Waals surface area (Å²) < 4.78 is 11.7. The predicted octanol–water partition coefficient (Wildman–Crippen LogP) is 15.9. The van der Waals surface area contributed by atoms with E-state index in [1.165, 1.54) is 58.7 Å². The molecule has 0 saturated heterocycles. The van der Waals surface area contributed by atoms with E-state index in [0.717, 1.165) is 50.2 Å². The maximum atomic E-state index is 6.83. The van der Waals surface area contributed by atoms with Crippen LogP contribution in [0.2, 0.25) is 0 Å². The Kier molecular flexibility index (Phi) is 7.40. The van der Waals surface area contributed by atoms with Gasteiger partial charge in [-0.15, -0.1) is 11.3 Å². The first kappa shape index (κ1) is 32.8. The Morgan fingerprint density at radius 3 is 1.93 bits per heavy atom. The van der Waals surface area contributed by atoms with Gasteiger partial charge in [0.2, 0.25) is 0 Å². The van der Waals surface area contributed by atoms with Crippen LogP contribution in [-0.4, -0.2) is 4.57 Å². The number of rotatable bonds is 6. The summed E-state index contributed by atoms with van der Waals surface area (Å²) in [5.41, 5.74) is 13.2. The predicted molar refractivity (Wildman–Crippen MR) is 247 cm³/mol. The van der Waals surface area contributed by atoms with Crippen LogP contribution in [-0.2, 0) is 0 Å². The molecule has 0 bridgehead atoms. The van der Waals surface area contributed by atoms with E-state index in [1.54, 1.807) is 0 Å². The van der Waals surface area contributed by atoms with Crippen molar-refractivity contribution in [3.05, 3.63) is 206 Å². The molecule has 0 unspecified atom stereocenters. The fraction of sp³-hybridized carbons (Fsp3) is 0. The van der Waals surface area contributed by atoms with Crippen LogP contribution in [0.1, 0.15) is 0 Å². The normalized spacial score (nSPS) is 11.8. The third-order valence-electron chi connectivity index (χ3n) is 11.6. The van der Waals surface area contributed by atoms with Gasteiger partial charge in [0.05, 0.1) is 22.4 Å². The molecule has 272 valence electrons. The molecule has 0 aliphatic heterocycles. The number of hydrogen-bond acceptors (Lipinski definition) is 3. The lowest BCUT2D eigenvalue weighted by Gasteiger charge is -2.27. The third kappa shape index (κ3) is 5.05. The summed E-state index contributed by atoms with van der Waals surface area (Å²) in [5, 5.41) is 7.09. The molecule has 0 fully saturated rings. The molecule has 3 nitrogen and oxygen atoms in total. The molecule has 4 heteroatoms. The van der Waals surface area contributed by atoms with Gasteiger partial charge in [0.1, 0.15) is 5.58 Å². The van der Waals surface area contributed by atoms with Gasteiger partial charge >= 0.3 is 0 Å². The van der Waals surface area contributed by atoms with Crippen molar-refractivity contribution in [1.29, 1.82) is 0 Å². The first-order chi connectivity index (χ1) is 28.8. The van der Waals surface area contributed by atoms with E-state index in [4.69, 9.17) is 4.42 Å². The van der Waals surface area contributed by atoms with E-state index >= 15 is 0 Å². The van der Waals surface area contributed by atoms with Crippen molar-refractivity contribution in [1.82, 2.24) is 4.57 Å². The Balaban J connectivity index is 1.19. The second-order valence-electron chi connectivity index (χ2n) is 14.9. The smallest absolute Gasteiger partial charge is 0.159 e. The molecule has 0 amide bonds. The number of hydrogen-bond donors (Lipinski definition) is 0. The number of benzene rings is 9. The van der Waals surface area contributed by atoms with Gasteiger partial charge in [0, 0.05) is 53.1 Å². The second-order valence-corrected chi connectivity index (χ2v) is 15.9. The summed E-state index contributed by atoms with van der Waals surface area (Å²) in [5.74, 6) is 0. The zero-order chi connectivity index (χ0) is 38.2. The van der Waals surface area contributed by atoms with Gasteiger partial charge < -0.3 is 13.9 Å². The molecule has 0 spiro atoms. The highest BCUT2D eigenvalue weighted by atomic mass is 32.1. The molecule has 58 heavy (non-hydrogen) atoms. The summed E-state index contributed by atoms with van der Waals surface area (Å²) in [4.78, 5) is 2.44. The molecule has 0 aliphatic carbocycles.